The summed E-state index contributed by atoms with van der Waals surface area (Å²) >= 11 is 0. The van der Waals surface area contributed by atoms with Gasteiger partial charge < -0.3 is 20.3 Å². The average Bonchev–Trinajstić information content (AvgIpc) is 3.31. The molecule has 0 aromatic rings. The minimum absolute atomic E-state index is 0.0111. The Morgan fingerprint density at radius 3 is 1.42 bits per heavy atom. The van der Waals surface area contributed by atoms with Crippen molar-refractivity contribution < 1.29 is 24.5 Å². The highest BCUT2D eigenvalue weighted by Gasteiger charge is 2.24. The van der Waals surface area contributed by atoms with Gasteiger partial charge in [-0.3, -0.25) is 9.59 Å². The van der Waals surface area contributed by atoms with Gasteiger partial charge in [0.15, 0.2) is 0 Å². The van der Waals surface area contributed by atoms with E-state index >= 15 is 0 Å². The molecule has 6 nitrogen and oxygen atoms in total. The standard InChI is InChI=1S/C60H101NO5/c1-4-7-10-13-16-19-22-25-28-29-32-35-38-41-44-47-50-53-60(65)66-56(51-48-45-42-39-36-33-30-26-23-20-17-14-11-8-5-2)54-59(64)61-57(55-62)58(63)52-49-46-43-40-37-34-31-27-24-21-18-15-12-9-6-3/h8,11,14,16-17,19-20,23,25-26,28,30,32-33,35-36,39,42,56-58,62-63H,4-7,9-10,12-13,15,18,21-22,24,27,29,31,34,37-38,40-41,43-55H2,1-3H3,(H,61,64)/b11-8-,17-14+,19-16-,23-20+,28-25-,30-26-,35-32-,36-33+,42-39+. The van der Waals surface area contributed by atoms with Gasteiger partial charge in [-0.15, -0.1) is 0 Å². The highest BCUT2D eigenvalue weighted by molar-refractivity contribution is 5.77. The second kappa shape index (κ2) is 52.5. The molecule has 3 N–H and O–H groups in total. The molecule has 0 aromatic carbocycles. The van der Waals surface area contributed by atoms with Crippen LogP contribution in [-0.4, -0.2) is 46.9 Å². The average molecular weight is 916 g/mol. The Morgan fingerprint density at radius 2 is 0.894 bits per heavy atom. The lowest BCUT2D eigenvalue weighted by atomic mass is 10.0. The molecule has 0 aliphatic rings. The molecule has 0 rings (SSSR count). The number of allylic oxidation sites excluding steroid dienone is 18. The lowest BCUT2D eigenvalue weighted by Gasteiger charge is -2.24. The number of aliphatic hydroxyl groups is 2. The lowest BCUT2D eigenvalue weighted by Crippen LogP contribution is -2.46. The van der Waals surface area contributed by atoms with Gasteiger partial charge in [0.05, 0.1) is 25.2 Å². The molecule has 3 unspecified atom stereocenters. The molecular formula is C60H101NO5. The summed E-state index contributed by atoms with van der Waals surface area (Å²) in [6.45, 7) is 6.29. The number of carbonyl (C=O) groups is 2. The maximum absolute atomic E-state index is 13.2. The number of hydrogen-bond acceptors (Lipinski definition) is 5. The molecule has 3 atom stereocenters. The van der Waals surface area contributed by atoms with Crippen LogP contribution in [0.4, 0.5) is 0 Å². The maximum Gasteiger partial charge on any atom is 0.306 e. The van der Waals surface area contributed by atoms with Gasteiger partial charge in [0, 0.05) is 6.42 Å². The Bertz CT molecular complexity index is 1350. The van der Waals surface area contributed by atoms with E-state index in [4.69, 9.17) is 4.74 Å². The number of hydrogen-bond donors (Lipinski definition) is 3. The van der Waals surface area contributed by atoms with Crippen LogP contribution >= 0.6 is 0 Å². The van der Waals surface area contributed by atoms with E-state index in [0.29, 0.717) is 19.3 Å². The van der Waals surface area contributed by atoms with Crippen LogP contribution in [-0.2, 0) is 14.3 Å². The highest BCUT2D eigenvalue weighted by Crippen LogP contribution is 2.17. The van der Waals surface area contributed by atoms with E-state index in [1.54, 1.807) is 0 Å². The molecule has 0 aliphatic carbocycles. The monoisotopic (exact) mass is 916 g/mol. The van der Waals surface area contributed by atoms with Gasteiger partial charge in [0.1, 0.15) is 6.10 Å². The Labute approximate surface area is 407 Å². The molecule has 0 radical (unpaired) electrons. The number of rotatable bonds is 47. The molecule has 0 fully saturated rings. The van der Waals surface area contributed by atoms with E-state index in [-0.39, 0.29) is 24.9 Å². The van der Waals surface area contributed by atoms with Crippen molar-refractivity contribution >= 4 is 11.9 Å². The third-order valence-corrected chi connectivity index (χ3v) is 11.7. The van der Waals surface area contributed by atoms with Crippen molar-refractivity contribution in [1.82, 2.24) is 5.32 Å². The SMILES string of the molecule is CC\C=C/C=C/C=C/C=C\C=C\C=C\CCCC(CC(=O)NC(CO)C(O)CCCCCCCCCCCCCCCCC)OC(=O)CCCCCC/C=C\C/C=C\C/C=C\CCCCC. The molecule has 0 spiro atoms. The summed E-state index contributed by atoms with van der Waals surface area (Å²) < 4.78 is 5.90. The first-order valence-electron chi connectivity index (χ1n) is 27.2. The Morgan fingerprint density at radius 1 is 0.470 bits per heavy atom. The Balaban J connectivity index is 4.75. The number of nitrogens with one attached hydrogen (secondary N) is 1. The summed E-state index contributed by atoms with van der Waals surface area (Å²) in [6, 6.07) is -0.738. The summed E-state index contributed by atoms with van der Waals surface area (Å²) in [5.41, 5.74) is 0. The van der Waals surface area contributed by atoms with Crippen LogP contribution in [0.15, 0.2) is 109 Å². The van der Waals surface area contributed by atoms with Gasteiger partial charge in [-0.05, 0) is 77.0 Å². The smallest absolute Gasteiger partial charge is 0.306 e. The first-order chi connectivity index (χ1) is 32.5. The fraction of sp³-hybridized carbons (Fsp3) is 0.667. The molecule has 0 saturated carbocycles. The van der Waals surface area contributed by atoms with Crippen molar-refractivity contribution in [2.45, 2.75) is 251 Å². The topological polar surface area (TPSA) is 95.9 Å². The fourth-order valence-corrected chi connectivity index (χ4v) is 7.65. The van der Waals surface area contributed by atoms with Crippen LogP contribution in [0.1, 0.15) is 233 Å². The van der Waals surface area contributed by atoms with Gasteiger partial charge in [0.25, 0.3) is 0 Å². The Kier molecular flexibility index (Phi) is 49.7. The van der Waals surface area contributed by atoms with Crippen molar-refractivity contribution in [1.29, 1.82) is 0 Å². The van der Waals surface area contributed by atoms with Crippen LogP contribution in [0.3, 0.4) is 0 Å². The zero-order valence-corrected chi connectivity index (χ0v) is 42.8. The van der Waals surface area contributed by atoms with Crippen molar-refractivity contribution in [3.63, 3.8) is 0 Å². The largest absolute Gasteiger partial charge is 0.462 e. The molecule has 376 valence electrons. The zero-order valence-electron chi connectivity index (χ0n) is 42.8. The molecule has 6 heteroatoms. The van der Waals surface area contributed by atoms with Crippen molar-refractivity contribution in [3.8, 4) is 0 Å². The van der Waals surface area contributed by atoms with Crippen LogP contribution < -0.4 is 5.32 Å². The zero-order chi connectivity index (χ0) is 48.1. The summed E-state index contributed by atoms with van der Waals surface area (Å²) in [5, 5.41) is 23.8. The van der Waals surface area contributed by atoms with Crippen LogP contribution in [0.5, 0.6) is 0 Å². The van der Waals surface area contributed by atoms with Crippen molar-refractivity contribution in [2.24, 2.45) is 0 Å². The van der Waals surface area contributed by atoms with Gasteiger partial charge >= 0.3 is 5.97 Å². The molecule has 0 heterocycles. The van der Waals surface area contributed by atoms with Gasteiger partial charge in [-0.2, -0.15) is 0 Å². The third-order valence-electron chi connectivity index (χ3n) is 11.7. The Hall–Kier alpha value is -3.48. The van der Waals surface area contributed by atoms with E-state index in [1.165, 1.54) is 103 Å². The molecule has 0 aromatic heterocycles. The predicted octanol–water partition coefficient (Wildman–Crippen LogP) is 16.7. The van der Waals surface area contributed by atoms with Gasteiger partial charge in [-0.25, -0.2) is 0 Å². The molecule has 1 amide bonds. The first-order valence-corrected chi connectivity index (χ1v) is 27.2. The van der Waals surface area contributed by atoms with Crippen LogP contribution in [0.2, 0.25) is 0 Å². The highest BCUT2D eigenvalue weighted by atomic mass is 16.5. The van der Waals surface area contributed by atoms with E-state index in [0.717, 1.165) is 83.5 Å². The molecular weight excluding hydrogens is 815 g/mol. The van der Waals surface area contributed by atoms with Crippen LogP contribution in [0, 0.1) is 0 Å². The van der Waals surface area contributed by atoms with E-state index in [9.17, 15) is 19.8 Å². The van der Waals surface area contributed by atoms with Crippen molar-refractivity contribution in [2.75, 3.05) is 6.61 Å². The molecule has 0 aliphatic heterocycles. The summed E-state index contributed by atoms with van der Waals surface area (Å²) in [4.78, 5) is 26.2. The molecule has 66 heavy (non-hydrogen) atoms. The second-order valence-electron chi connectivity index (χ2n) is 18.0. The summed E-state index contributed by atoms with van der Waals surface area (Å²) in [5.74, 6) is -0.581. The van der Waals surface area contributed by atoms with Crippen LogP contribution in [0.25, 0.3) is 0 Å². The lowest BCUT2D eigenvalue weighted by molar-refractivity contribution is -0.151. The number of unbranched alkanes of at least 4 members (excludes halogenated alkanes) is 22. The predicted molar refractivity (Wildman–Crippen MR) is 287 cm³/mol. The number of esters is 1. The minimum atomic E-state index is -0.819. The summed E-state index contributed by atoms with van der Waals surface area (Å²) in [6.07, 6.45) is 71.5. The number of amides is 1. The number of aliphatic hydroxyl groups excluding tert-OH is 2. The first kappa shape index (κ1) is 62.5. The minimum Gasteiger partial charge on any atom is -0.462 e. The van der Waals surface area contributed by atoms with Gasteiger partial charge in [0.2, 0.25) is 5.91 Å². The summed E-state index contributed by atoms with van der Waals surface area (Å²) in [7, 11) is 0. The second-order valence-corrected chi connectivity index (χ2v) is 18.0. The quantitative estimate of drug-likeness (QED) is 0.0245. The molecule has 0 bridgehead atoms. The van der Waals surface area contributed by atoms with Gasteiger partial charge in [-0.1, -0.05) is 252 Å². The van der Waals surface area contributed by atoms with E-state index in [1.807, 2.05) is 60.8 Å². The number of ether oxygens (including phenoxy) is 1. The van der Waals surface area contributed by atoms with E-state index in [2.05, 4.69) is 74.7 Å². The van der Waals surface area contributed by atoms with E-state index < -0.39 is 18.2 Å². The maximum atomic E-state index is 13.2. The molecule has 0 saturated heterocycles. The fourth-order valence-electron chi connectivity index (χ4n) is 7.65. The van der Waals surface area contributed by atoms with Crippen molar-refractivity contribution in [3.05, 3.63) is 109 Å². The normalized spacial score (nSPS) is 14.1. The third kappa shape index (κ3) is 47.0. The number of carbonyl (C=O) groups excluding carboxylic acids is 2.